The standard InChI is InChI=1S/C23H33N5O3S/c1-17-6-5-7-21(14-17)28-13-12-26(15-18(28)2)23(29)20-8-10-27(11-9-20)32(30,31)22-16-25(4)19(3)24-22/h5-7,14,16,18,20H,8-13,15H2,1-4H3/t18-/m1/s1. The molecule has 0 spiro atoms. The van der Waals surface area contributed by atoms with Crippen molar-refractivity contribution in [3.05, 3.63) is 41.9 Å². The summed E-state index contributed by atoms with van der Waals surface area (Å²) >= 11 is 0. The molecule has 0 unspecified atom stereocenters. The van der Waals surface area contributed by atoms with Crippen molar-refractivity contribution < 1.29 is 13.2 Å². The van der Waals surface area contributed by atoms with E-state index < -0.39 is 10.0 Å². The number of imidazole rings is 1. The van der Waals surface area contributed by atoms with Gasteiger partial charge < -0.3 is 14.4 Å². The van der Waals surface area contributed by atoms with Crippen LogP contribution in [0.15, 0.2) is 35.5 Å². The van der Waals surface area contributed by atoms with Gasteiger partial charge in [0.25, 0.3) is 10.0 Å². The second kappa shape index (κ2) is 8.86. The molecule has 2 fully saturated rings. The molecule has 8 nitrogen and oxygen atoms in total. The number of hydrogen-bond acceptors (Lipinski definition) is 5. The van der Waals surface area contributed by atoms with Crippen molar-refractivity contribution in [1.29, 1.82) is 0 Å². The van der Waals surface area contributed by atoms with Gasteiger partial charge in [-0.25, -0.2) is 13.4 Å². The zero-order valence-corrected chi connectivity index (χ0v) is 20.2. The Bertz CT molecular complexity index is 1070. The van der Waals surface area contributed by atoms with E-state index in [1.807, 2.05) is 4.90 Å². The van der Waals surface area contributed by atoms with Gasteiger partial charge in [0.2, 0.25) is 5.91 Å². The van der Waals surface area contributed by atoms with Crippen molar-refractivity contribution in [2.75, 3.05) is 37.6 Å². The number of carbonyl (C=O) groups excluding carboxylic acids is 1. The van der Waals surface area contributed by atoms with Crippen LogP contribution in [0.1, 0.15) is 31.2 Å². The number of hydrogen-bond donors (Lipinski definition) is 0. The molecular weight excluding hydrogens is 426 g/mol. The summed E-state index contributed by atoms with van der Waals surface area (Å²) in [6.45, 7) is 8.94. The van der Waals surface area contributed by atoms with Gasteiger partial charge in [-0.15, -0.1) is 0 Å². The van der Waals surface area contributed by atoms with Crippen LogP contribution in [0.2, 0.25) is 0 Å². The van der Waals surface area contributed by atoms with E-state index in [0.717, 1.165) is 6.54 Å². The van der Waals surface area contributed by atoms with Crippen LogP contribution in [0.4, 0.5) is 5.69 Å². The van der Waals surface area contributed by atoms with Crippen molar-refractivity contribution in [3.63, 3.8) is 0 Å². The van der Waals surface area contributed by atoms with Gasteiger partial charge in [-0.2, -0.15) is 4.31 Å². The second-order valence-corrected chi connectivity index (χ2v) is 11.0. The fraction of sp³-hybridized carbons (Fsp3) is 0.565. The molecule has 0 saturated carbocycles. The molecule has 0 radical (unpaired) electrons. The van der Waals surface area contributed by atoms with E-state index in [1.54, 1.807) is 24.7 Å². The number of rotatable bonds is 4. The van der Waals surface area contributed by atoms with Gasteiger partial charge in [0.1, 0.15) is 5.82 Å². The highest BCUT2D eigenvalue weighted by Gasteiger charge is 2.36. The fourth-order valence-electron chi connectivity index (χ4n) is 4.73. The van der Waals surface area contributed by atoms with Crippen LogP contribution in [0.3, 0.4) is 0 Å². The third kappa shape index (κ3) is 4.41. The topological polar surface area (TPSA) is 78.8 Å². The van der Waals surface area contributed by atoms with Crippen molar-refractivity contribution in [3.8, 4) is 0 Å². The first-order valence-electron chi connectivity index (χ1n) is 11.3. The summed E-state index contributed by atoms with van der Waals surface area (Å²) in [6, 6.07) is 8.72. The fourth-order valence-corrected chi connectivity index (χ4v) is 6.23. The Kier molecular flexibility index (Phi) is 6.31. The van der Waals surface area contributed by atoms with Crippen LogP contribution >= 0.6 is 0 Å². The Morgan fingerprint density at radius 3 is 2.41 bits per heavy atom. The second-order valence-electron chi connectivity index (χ2n) is 9.08. The predicted molar refractivity (Wildman–Crippen MR) is 124 cm³/mol. The van der Waals surface area contributed by atoms with Gasteiger partial charge in [-0.1, -0.05) is 12.1 Å². The maximum absolute atomic E-state index is 13.2. The third-order valence-corrected chi connectivity index (χ3v) is 8.54. The maximum atomic E-state index is 13.2. The van der Waals surface area contributed by atoms with Gasteiger partial charge >= 0.3 is 0 Å². The maximum Gasteiger partial charge on any atom is 0.262 e. The summed E-state index contributed by atoms with van der Waals surface area (Å²) in [5.41, 5.74) is 2.43. The van der Waals surface area contributed by atoms with Crippen molar-refractivity contribution in [1.82, 2.24) is 18.8 Å². The molecule has 1 amide bonds. The van der Waals surface area contributed by atoms with E-state index in [4.69, 9.17) is 0 Å². The van der Waals surface area contributed by atoms with Crippen LogP contribution in [-0.2, 0) is 21.9 Å². The minimum Gasteiger partial charge on any atom is -0.365 e. The zero-order chi connectivity index (χ0) is 23.0. The van der Waals surface area contributed by atoms with E-state index in [9.17, 15) is 13.2 Å². The van der Waals surface area contributed by atoms with Crippen LogP contribution in [-0.4, -0.2) is 71.8 Å². The summed E-state index contributed by atoms with van der Waals surface area (Å²) in [5.74, 6) is 0.698. The average Bonchev–Trinajstić information content (AvgIpc) is 3.12. The molecule has 2 aliphatic heterocycles. The molecule has 0 aliphatic carbocycles. The highest BCUT2D eigenvalue weighted by Crippen LogP contribution is 2.27. The molecule has 9 heteroatoms. The van der Waals surface area contributed by atoms with E-state index >= 15 is 0 Å². The first kappa shape index (κ1) is 22.8. The van der Waals surface area contributed by atoms with Gasteiger partial charge in [0, 0.05) is 63.6 Å². The number of carbonyl (C=O) groups is 1. The van der Waals surface area contributed by atoms with Crippen LogP contribution < -0.4 is 4.90 Å². The molecule has 174 valence electrons. The van der Waals surface area contributed by atoms with Crippen LogP contribution in [0, 0.1) is 19.8 Å². The Balaban J connectivity index is 1.35. The lowest BCUT2D eigenvalue weighted by Crippen LogP contribution is -2.55. The normalized spacial score (nSPS) is 21.2. The molecule has 3 heterocycles. The number of amides is 1. The summed E-state index contributed by atoms with van der Waals surface area (Å²) in [7, 11) is -1.83. The monoisotopic (exact) mass is 459 g/mol. The van der Waals surface area contributed by atoms with E-state index in [1.165, 1.54) is 15.6 Å². The smallest absolute Gasteiger partial charge is 0.262 e. The highest BCUT2D eigenvalue weighted by molar-refractivity contribution is 7.89. The number of piperidine rings is 1. The number of sulfonamides is 1. The molecule has 2 aromatic rings. The van der Waals surface area contributed by atoms with Crippen molar-refractivity contribution in [2.24, 2.45) is 13.0 Å². The third-order valence-electron chi connectivity index (χ3n) is 6.77. The average molecular weight is 460 g/mol. The minimum atomic E-state index is -3.62. The number of piperazine rings is 1. The predicted octanol–water partition coefficient (Wildman–Crippen LogP) is 2.17. The molecular formula is C23H33N5O3S. The lowest BCUT2D eigenvalue weighted by molar-refractivity contribution is -0.137. The Labute approximate surface area is 190 Å². The van der Waals surface area contributed by atoms with Gasteiger partial charge in [-0.05, 0) is 51.3 Å². The van der Waals surface area contributed by atoms with E-state index in [0.29, 0.717) is 44.8 Å². The molecule has 0 N–H and O–H groups in total. The highest BCUT2D eigenvalue weighted by atomic mass is 32.2. The number of anilines is 1. The molecule has 1 atom stereocenters. The number of nitrogens with zero attached hydrogens (tertiary/aromatic N) is 5. The Morgan fingerprint density at radius 2 is 1.81 bits per heavy atom. The molecule has 32 heavy (non-hydrogen) atoms. The Hall–Kier alpha value is -2.39. The molecule has 2 saturated heterocycles. The van der Waals surface area contributed by atoms with E-state index in [2.05, 4.69) is 48.0 Å². The first-order chi connectivity index (χ1) is 15.2. The minimum absolute atomic E-state index is 0.0865. The van der Waals surface area contributed by atoms with E-state index in [-0.39, 0.29) is 22.9 Å². The molecule has 0 bridgehead atoms. The zero-order valence-electron chi connectivity index (χ0n) is 19.4. The van der Waals surface area contributed by atoms with Crippen LogP contribution in [0.5, 0.6) is 0 Å². The van der Waals surface area contributed by atoms with Gasteiger partial charge in [0.15, 0.2) is 5.03 Å². The molecule has 1 aromatic carbocycles. The summed E-state index contributed by atoms with van der Waals surface area (Å²) < 4.78 is 29.0. The van der Waals surface area contributed by atoms with Gasteiger partial charge in [0.05, 0.1) is 0 Å². The SMILES string of the molecule is Cc1cccc(N2CCN(C(=O)C3CCN(S(=O)(=O)c4cn(C)c(C)n4)CC3)C[C@H]2C)c1. The molecule has 4 rings (SSSR count). The Morgan fingerprint density at radius 1 is 1.09 bits per heavy atom. The number of benzene rings is 1. The lowest BCUT2D eigenvalue weighted by atomic mass is 9.95. The lowest BCUT2D eigenvalue weighted by Gasteiger charge is -2.43. The van der Waals surface area contributed by atoms with Crippen molar-refractivity contribution >= 4 is 21.6 Å². The summed E-state index contributed by atoms with van der Waals surface area (Å²) in [6.07, 6.45) is 2.66. The van der Waals surface area contributed by atoms with Crippen molar-refractivity contribution in [2.45, 2.75) is 44.7 Å². The van der Waals surface area contributed by atoms with Gasteiger partial charge in [-0.3, -0.25) is 4.79 Å². The molecule has 2 aliphatic rings. The number of aromatic nitrogens is 2. The summed E-state index contributed by atoms with van der Waals surface area (Å²) in [4.78, 5) is 21.7. The van der Waals surface area contributed by atoms with Crippen LogP contribution in [0.25, 0.3) is 0 Å². The first-order valence-corrected chi connectivity index (χ1v) is 12.7. The number of aryl methyl sites for hydroxylation is 3. The summed E-state index contributed by atoms with van der Waals surface area (Å²) in [5, 5.41) is 0.0865. The molecule has 1 aromatic heterocycles. The largest absolute Gasteiger partial charge is 0.365 e. The quantitative estimate of drug-likeness (QED) is 0.700.